The van der Waals surface area contributed by atoms with Crippen molar-refractivity contribution in [2.45, 2.75) is 13.0 Å². The zero-order chi connectivity index (χ0) is 13.0. The Bertz CT molecular complexity index is 551. The van der Waals surface area contributed by atoms with Gasteiger partial charge in [0, 0.05) is 18.3 Å². The number of nitro groups is 1. The molecule has 1 heterocycles. The molecule has 0 spiro atoms. The number of nitrogens with zero attached hydrogens (tertiary/aromatic N) is 3. The lowest BCUT2D eigenvalue weighted by molar-refractivity contribution is -0.384. The molecule has 1 aromatic heterocycles. The van der Waals surface area contributed by atoms with Gasteiger partial charge in [-0.05, 0) is 24.1 Å². The highest BCUT2D eigenvalue weighted by molar-refractivity contribution is 5.34. The summed E-state index contributed by atoms with van der Waals surface area (Å²) >= 11 is 0. The number of rotatable bonds is 5. The summed E-state index contributed by atoms with van der Waals surface area (Å²) in [6.07, 6.45) is 4.46. The van der Waals surface area contributed by atoms with Gasteiger partial charge < -0.3 is 5.73 Å². The molecule has 0 aliphatic rings. The average molecular weight is 246 g/mol. The number of benzene rings is 1. The van der Waals surface area contributed by atoms with Crippen molar-refractivity contribution in [3.05, 3.63) is 57.9 Å². The van der Waals surface area contributed by atoms with Gasteiger partial charge in [0.1, 0.15) is 0 Å². The lowest BCUT2D eigenvalue weighted by Crippen LogP contribution is -2.02. The smallest absolute Gasteiger partial charge is 0.269 e. The molecule has 0 amide bonds. The third kappa shape index (κ3) is 2.92. The first-order chi connectivity index (χ1) is 8.69. The number of hydrogen-bond donors (Lipinski definition) is 1. The molecular weight excluding hydrogens is 232 g/mol. The van der Waals surface area contributed by atoms with Gasteiger partial charge in [-0.1, -0.05) is 12.1 Å². The second kappa shape index (κ2) is 5.42. The standard InChI is InChI=1S/C12H14N4O2/c13-5-4-11-7-14-15(9-11)8-10-2-1-3-12(6-10)16(17)18/h1-3,6-7,9H,4-5,8,13H2. The molecule has 0 saturated carbocycles. The minimum Gasteiger partial charge on any atom is -0.330 e. The van der Waals surface area contributed by atoms with Gasteiger partial charge in [0.2, 0.25) is 0 Å². The van der Waals surface area contributed by atoms with Crippen LogP contribution in [0.4, 0.5) is 5.69 Å². The largest absolute Gasteiger partial charge is 0.330 e. The normalized spacial score (nSPS) is 10.5. The lowest BCUT2D eigenvalue weighted by atomic mass is 10.2. The average Bonchev–Trinajstić information content (AvgIpc) is 2.77. The zero-order valence-electron chi connectivity index (χ0n) is 9.82. The van der Waals surface area contributed by atoms with Crippen molar-refractivity contribution in [3.63, 3.8) is 0 Å². The van der Waals surface area contributed by atoms with E-state index >= 15 is 0 Å². The van der Waals surface area contributed by atoms with Crippen molar-refractivity contribution in [3.8, 4) is 0 Å². The van der Waals surface area contributed by atoms with E-state index in [-0.39, 0.29) is 5.69 Å². The van der Waals surface area contributed by atoms with Crippen molar-refractivity contribution in [2.24, 2.45) is 5.73 Å². The van der Waals surface area contributed by atoms with E-state index in [1.807, 2.05) is 12.3 Å². The van der Waals surface area contributed by atoms with E-state index < -0.39 is 4.92 Å². The van der Waals surface area contributed by atoms with Gasteiger partial charge in [0.05, 0.1) is 17.7 Å². The number of nitrogens with two attached hydrogens (primary N) is 1. The molecule has 2 aromatic rings. The highest BCUT2D eigenvalue weighted by atomic mass is 16.6. The van der Waals surface area contributed by atoms with Crippen LogP contribution >= 0.6 is 0 Å². The van der Waals surface area contributed by atoms with E-state index in [1.165, 1.54) is 6.07 Å². The predicted octanol–water partition coefficient (Wildman–Crippen LogP) is 1.34. The van der Waals surface area contributed by atoms with Gasteiger partial charge in [-0.2, -0.15) is 5.10 Å². The summed E-state index contributed by atoms with van der Waals surface area (Å²) in [6, 6.07) is 6.56. The summed E-state index contributed by atoms with van der Waals surface area (Å²) in [5, 5.41) is 14.9. The molecule has 0 aliphatic heterocycles. The lowest BCUT2D eigenvalue weighted by Gasteiger charge is -2.01. The third-order valence-electron chi connectivity index (χ3n) is 2.59. The second-order valence-corrected chi connectivity index (χ2v) is 4.01. The molecule has 18 heavy (non-hydrogen) atoms. The van der Waals surface area contributed by atoms with Gasteiger partial charge in [-0.15, -0.1) is 0 Å². The van der Waals surface area contributed by atoms with Crippen LogP contribution in [0.5, 0.6) is 0 Å². The van der Waals surface area contributed by atoms with Crippen molar-refractivity contribution in [1.29, 1.82) is 0 Å². The van der Waals surface area contributed by atoms with Crippen LogP contribution in [0.15, 0.2) is 36.7 Å². The maximum atomic E-state index is 10.7. The van der Waals surface area contributed by atoms with Crippen molar-refractivity contribution in [2.75, 3.05) is 6.54 Å². The van der Waals surface area contributed by atoms with E-state index in [1.54, 1.807) is 23.0 Å². The molecule has 1 aromatic carbocycles. The number of aromatic nitrogens is 2. The fourth-order valence-electron chi connectivity index (χ4n) is 1.74. The first kappa shape index (κ1) is 12.3. The van der Waals surface area contributed by atoms with Crippen molar-refractivity contribution >= 4 is 5.69 Å². The Morgan fingerprint density at radius 3 is 2.94 bits per heavy atom. The fourth-order valence-corrected chi connectivity index (χ4v) is 1.74. The first-order valence-corrected chi connectivity index (χ1v) is 5.64. The predicted molar refractivity (Wildman–Crippen MR) is 67.2 cm³/mol. The topological polar surface area (TPSA) is 87.0 Å². The molecule has 0 atom stereocenters. The molecule has 0 bridgehead atoms. The van der Waals surface area contributed by atoms with Crippen LogP contribution in [0.3, 0.4) is 0 Å². The van der Waals surface area contributed by atoms with Crippen LogP contribution in [-0.2, 0) is 13.0 Å². The molecule has 0 aliphatic carbocycles. The van der Waals surface area contributed by atoms with E-state index in [0.717, 1.165) is 17.5 Å². The first-order valence-electron chi connectivity index (χ1n) is 5.64. The molecule has 94 valence electrons. The highest BCUT2D eigenvalue weighted by Crippen LogP contribution is 2.14. The van der Waals surface area contributed by atoms with Crippen molar-refractivity contribution < 1.29 is 4.92 Å². The highest BCUT2D eigenvalue weighted by Gasteiger charge is 2.06. The Kier molecular flexibility index (Phi) is 3.69. The quantitative estimate of drug-likeness (QED) is 0.637. The molecule has 0 fully saturated rings. The molecule has 2 rings (SSSR count). The molecule has 2 N–H and O–H groups in total. The summed E-state index contributed by atoms with van der Waals surface area (Å²) in [5.74, 6) is 0. The minimum atomic E-state index is -0.396. The third-order valence-corrected chi connectivity index (χ3v) is 2.59. The Labute approximate surface area is 104 Å². The molecular formula is C12H14N4O2. The van der Waals surface area contributed by atoms with Crippen molar-refractivity contribution in [1.82, 2.24) is 9.78 Å². The SMILES string of the molecule is NCCc1cnn(Cc2cccc([N+](=O)[O-])c2)c1. The Hall–Kier alpha value is -2.21. The van der Waals surface area contributed by atoms with Gasteiger partial charge in [-0.25, -0.2) is 0 Å². The van der Waals surface area contributed by atoms with Crippen LogP contribution < -0.4 is 5.73 Å². The number of nitro benzene ring substituents is 1. The summed E-state index contributed by atoms with van der Waals surface area (Å²) in [6.45, 7) is 1.11. The van der Waals surface area contributed by atoms with E-state index in [2.05, 4.69) is 5.10 Å². The fraction of sp³-hybridized carbons (Fsp3) is 0.250. The number of non-ortho nitro benzene ring substituents is 1. The maximum absolute atomic E-state index is 10.7. The molecule has 6 heteroatoms. The van der Waals surface area contributed by atoms with Gasteiger partial charge >= 0.3 is 0 Å². The van der Waals surface area contributed by atoms with Gasteiger partial charge in [0.15, 0.2) is 0 Å². The molecule has 0 radical (unpaired) electrons. The van der Waals surface area contributed by atoms with Crippen LogP contribution in [0.25, 0.3) is 0 Å². The Balaban J connectivity index is 2.12. The van der Waals surface area contributed by atoms with E-state index in [0.29, 0.717) is 13.1 Å². The molecule has 6 nitrogen and oxygen atoms in total. The zero-order valence-corrected chi connectivity index (χ0v) is 9.82. The number of hydrogen-bond acceptors (Lipinski definition) is 4. The Morgan fingerprint density at radius 1 is 1.39 bits per heavy atom. The van der Waals surface area contributed by atoms with Crippen LogP contribution in [0.1, 0.15) is 11.1 Å². The summed E-state index contributed by atoms with van der Waals surface area (Å²) in [7, 11) is 0. The van der Waals surface area contributed by atoms with Crippen LogP contribution in [-0.4, -0.2) is 21.2 Å². The monoisotopic (exact) mass is 246 g/mol. The summed E-state index contributed by atoms with van der Waals surface area (Å²) in [4.78, 5) is 10.3. The summed E-state index contributed by atoms with van der Waals surface area (Å²) in [5.41, 5.74) is 7.49. The van der Waals surface area contributed by atoms with Gasteiger partial charge in [-0.3, -0.25) is 14.8 Å². The van der Waals surface area contributed by atoms with Crippen LogP contribution in [0, 0.1) is 10.1 Å². The Morgan fingerprint density at radius 2 is 2.22 bits per heavy atom. The second-order valence-electron chi connectivity index (χ2n) is 4.01. The molecule has 0 unspecified atom stereocenters. The van der Waals surface area contributed by atoms with E-state index in [4.69, 9.17) is 5.73 Å². The van der Waals surface area contributed by atoms with Crippen LogP contribution in [0.2, 0.25) is 0 Å². The molecule has 0 saturated heterocycles. The van der Waals surface area contributed by atoms with E-state index in [9.17, 15) is 10.1 Å². The minimum absolute atomic E-state index is 0.0989. The maximum Gasteiger partial charge on any atom is 0.269 e. The summed E-state index contributed by atoms with van der Waals surface area (Å²) < 4.78 is 1.75. The van der Waals surface area contributed by atoms with Gasteiger partial charge in [0.25, 0.3) is 5.69 Å².